The number of rotatable bonds is 3. The van der Waals surface area contributed by atoms with Crippen LogP contribution in [-0.2, 0) is 5.60 Å². The summed E-state index contributed by atoms with van der Waals surface area (Å²) in [7, 11) is 3.29. The summed E-state index contributed by atoms with van der Waals surface area (Å²) in [5.74, 6) is 1.83. The molecular weight excluding hydrogens is 242 g/mol. The van der Waals surface area contributed by atoms with Gasteiger partial charge in [0.25, 0.3) is 0 Å². The summed E-state index contributed by atoms with van der Waals surface area (Å²) >= 11 is 0. The smallest absolute Gasteiger partial charge is 0.125 e. The second-order valence-electron chi connectivity index (χ2n) is 5.54. The monoisotopic (exact) mass is 263 g/mol. The average molecular weight is 263 g/mol. The molecule has 0 aliphatic carbocycles. The Kier molecular flexibility index (Phi) is 3.15. The van der Waals surface area contributed by atoms with Crippen molar-refractivity contribution in [2.45, 2.75) is 18.4 Å². The highest BCUT2D eigenvalue weighted by Gasteiger charge is 2.48. The molecule has 1 unspecified atom stereocenters. The summed E-state index contributed by atoms with van der Waals surface area (Å²) in [4.78, 5) is 2.33. The molecule has 0 spiro atoms. The molecule has 2 bridgehead atoms. The van der Waals surface area contributed by atoms with Crippen LogP contribution >= 0.6 is 0 Å². The van der Waals surface area contributed by atoms with Gasteiger partial charge in [0.05, 0.1) is 14.2 Å². The summed E-state index contributed by atoms with van der Waals surface area (Å²) in [6, 6.07) is 5.66. The van der Waals surface area contributed by atoms with Crippen LogP contribution in [0, 0.1) is 5.92 Å². The third kappa shape index (κ3) is 1.99. The zero-order valence-corrected chi connectivity index (χ0v) is 11.6. The van der Waals surface area contributed by atoms with Crippen molar-refractivity contribution in [3.8, 4) is 11.5 Å². The van der Waals surface area contributed by atoms with Gasteiger partial charge < -0.3 is 19.5 Å². The second kappa shape index (κ2) is 4.69. The Morgan fingerprint density at radius 1 is 1.21 bits per heavy atom. The predicted molar refractivity (Wildman–Crippen MR) is 72.6 cm³/mol. The molecule has 1 aromatic rings. The van der Waals surface area contributed by atoms with Crippen LogP contribution < -0.4 is 9.47 Å². The number of fused-ring (bicyclic) bond motifs is 3. The van der Waals surface area contributed by atoms with Crippen molar-refractivity contribution in [3.05, 3.63) is 23.8 Å². The molecule has 3 fully saturated rings. The Balaban J connectivity index is 2.04. The normalized spacial score (nSPS) is 33.2. The largest absolute Gasteiger partial charge is 0.497 e. The van der Waals surface area contributed by atoms with Crippen LogP contribution in [0.4, 0.5) is 0 Å². The maximum atomic E-state index is 11.2. The molecule has 4 rings (SSSR count). The van der Waals surface area contributed by atoms with Crippen molar-refractivity contribution in [1.29, 1.82) is 0 Å². The third-order valence-electron chi connectivity index (χ3n) is 4.60. The van der Waals surface area contributed by atoms with Gasteiger partial charge in [-0.25, -0.2) is 0 Å². The van der Waals surface area contributed by atoms with E-state index in [1.54, 1.807) is 14.2 Å². The fourth-order valence-corrected chi connectivity index (χ4v) is 3.50. The summed E-state index contributed by atoms with van der Waals surface area (Å²) in [5, 5.41) is 11.2. The van der Waals surface area contributed by atoms with Gasteiger partial charge in [0, 0.05) is 12.1 Å². The number of ether oxygens (including phenoxy) is 2. The Bertz CT molecular complexity index is 468. The first-order chi connectivity index (χ1) is 9.17. The minimum Gasteiger partial charge on any atom is -0.497 e. The number of methoxy groups -OCH3 is 2. The number of nitrogens with zero attached hydrogens (tertiary/aromatic N) is 1. The number of piperidine rings is 3. The summed E-state index contributed by atoms with van der Waals surface area (Å²) in [6.07, 6.45) is 2.10. The molecule has 0 amide bonds. The van der Waals surface area contributed by atoms with Gasteiger partial charge in [-0.1, -0.05) is 0 Å². The van der Waals surface area contributed by atoms with Gasteiger partial charge in [-0.2, -0.15) is 0 Å². The minimum absolute atomic E-state index is 0.318. The molecule has 3 aliphatic heterocycles. The van der Waals surface area contributed by atoms with E-state index in [0.717, 1.165) is 43.0 Å². The van der Waals surface area contributed by atoms with E-state index < -0.39 is 5.60 Å². The first-order valence-corrected chi connectivity index (χ1v) is 6.84. The van der Waals surface area contributed by atoms with Gasteiger partial charge in [-0.3, -0.25) is 0 Å². The van der Waals surface area contributed by atoms with Crippen molar-refractivity contribution < 1.29 is 14.6 Å². The lowest BCUT2D eigenvalue weighted by molar-refractivity contribution is -0.118. The summed E-state index contributed by atoms with van der Waals surface area (Å²) < 4.78 is 10.7. The maximum absolute atomic E-state index is 11.2. The number of benzene rings is 1. The third-order valence-corrected chi connectivity index (χ3v) is 4.60. The highest BCUT2D eigenvalue weighted by atomic mass is 16.5. The second-order valence-corrected chi connectivity index (χ2v) is 5.54. The highest BCUT2D eigenvalue weighted by Crippen LogP contribution is 2.46. The lowest BCUT2D eigenvalue weighted by atomic mass is 9.71. The fourth-order valence-electron chi connectivity index (χ4n) is 3.50. The molecule has 4 heteroatoms. The molecule has 104 valence electrons. The van der Waals surface area contributed by atoms with Gasteiger partial charge >= 0.3 is 0 Å². The Labute approximate surface area is 113 Å². The SMILES string of the molecule is COc1ccc(OC)c(C2(O)CN3CCC2CC3)c1. The van der Waals surface area contributed by atoms with Crippen molar-refractivity contribution in [2.75, 3.05) is 33.9 Å². The Hall–Kier alpha value is -1.26. The van der Waals surface area contributed by atoms with Crippen molar-refractivity contribution in [3.63, 3.8) is 0 Å². The molecule has 0 aromatic heterocycles. The predicted octanol–water partition coefficient (Wildman–Crippen LogP) is 1.62. The zero-order valence-electron chi connectivity index (χ0n) is 11.6. The first-order valence-electron chi connectivity index (χ1n) is 6.84. The highest BCUT2D eigenvalue weighted by molar-refractivity contribution is 5.45. The van der Waals surface area contributed by atoms with E-state index in [-0.39, 0.29) is 0 Å². The molecule has 1 aromatic carbocycles. The molecular formula is C15H21NO3. The Morgan fingerprint density at radius 3 is 2.47 bits per heavy atom. The molecule has 3 aliphatic rings. The van der Waals surface area contributed by atoms with Crippen LogP contribution in [0.15, 0.2) is 18.2 Å². The molecule has 3 heterocycles. The molecule has 1 N–H and O–H groups in total. The van der Waals surface area contributed by atoms with E-state index in [2.05, 4.69) is 4.90 Å². The summed E-state index contributed by atoms with van der Waals surface area (Å²) in [5.41, 5.74) is 0.0554. The molecule has 1 atom stereocenters. The number of hydrogen-bond acceptors (Lipinski definition) is 4. The minimum atomic E-state index is -0.809. The van der Waals surface area contributed by atoms with E-state index in [0.29, 0.717) is 12.5 Å². The van der Waals surface area contributed by atoms with Crippen molar-refractivity contribution in [1.82, 2.24) is 4.90 Å². The van der Waals surface area contributed by atoms with Crippen LogP contribution in [0.5, 0.6) is 11.5 Å². The quantitative estimate of drug-likeness (QED) is 0.900. The fraction of sp³-hybridized carbons (Fsp3) is 0.600. The van der Waals surface area contributed by atoms with Crippen LogP contribution in [-0.4, -0.2) is 43.9 Å². The molecule has 4 nitrogen and oxygen atoms in total. The average Bonchev–Trinajstić information content (AvgIpc) is 2.47. The van der Waals surface area contributed by atoms with Gasteiger partial charge in [0.2, 0.25) is 0 Å². The van der Waals surface area contributed by atoms with Crippen molar-refractivity contribution >= 4 is 0 Å². The molecule has 3 saturated heterocycles. The van der Waals surface area contributed by atoms with E-state index in [4.69, 9.17) is 9.47 Å². The van der Waals surface area contributed by atoms with Crippen LogP contribution in [0.25, 0.3) is 0 Å². The maximum Gasteiger partial charge on any atom is 0.125 e. The van der Waals surface area contributed by atoms with Crippen molar-refractivity contribution in [2.24, 2.45) is 5.92 Å². The van der Waals surface area contributed by atoms with E-state index >= 15 is 0 Å². The zero-order chi connectivity index (χ0) is 13.5. The van der Waals surface area contributed by atoms with Crippen LogP contribution in [0.3, 0.4) is 0 Å². The molecule has 19 heavy (non-hydrogen) atoms. The van der Waals surface area contributed by atoms with E-state index in [9.17, 15) is 5.11 Å². The van der Waals surface area contributed by atoms with Gasteiger partial charge in [0.15, 0.2) is 0 Å². The van der Waals surface area contributed by atoms with Crippen LogP contribution in [0.2, 0.25) is 0 Å². The summed E-state index contributed by atoms with van der Waals surface area (Å²) in [6.45, 7) is 2.89. The first kappa shape index (κ1) is 12.8. The van der Waals surface area contributed by atoms with E-state index in [1.807, 2.05) is 18.2 Å². The van der Waals surface area contributed by atoms with Gasteiger partial charge in [-0.15, -0.1) is 0 Å². The Morgan fingerprint density at radius 2 is 1.95 bits per heavy atom. The van der Waals surface area contributed by atoms with Gasteiger partial charge in [0.1, 0.15) is 17.1 Å². The lowest BCUT2D eigenvalue weighted by Crippen LogP contribution is -2.57. The van der Waals surface area contributed by atoms with E-state index in [1.165, 1.54) is 0 Å². The van der Waals surface area contributed by atoms with Gasteiger partial charge in [-0.05, 0) is 50.0 Å². The standard InChI is InChI=1S/C15H21NO3/c1-18-12-3-4-14(19-2)13(9-12)15(17)10-16-7-5-11(15)6-8-16/h3-4,9,11,17H,5-8,10H2,1-2H3. The number of hydrogen-bond donors (Lipinski definition) is 1. The molecule has 0 radical (unpaired) electrons. The lowest BCUT2D eigenvalue weighted by Gasteiger charge is -2.50. The van der Waals surface area contributed by atoms with Crippen LogP contribution in [0.1, 0.15) is 18.4 Å². The topological polar surface area (TPSA) is 41.9 Å². The number of aliphatic hydroxyl groups is 1. The molecule has 0 saturated carbocycles.